The molecule has 1 aromatic carbocycles. The molecular formula is C13H16O3. The average molecular weight is 220 g/mol. The molecule has 0 saturated heterocycles. The van der Waals surface area contributed by atoms with Crippen molar-refractivity contribution in [1.82, 2.24) is 0 Å². The minimum absolute atomic E-state index is 0.0433. The van der Waals surface area contributed by atoms with Crippen molar-refractivity contribution in [3.8, 4) is 5.75 Å². The van der Waals surface area contributed by atoms with Gasteiger partial charge in [-0.1, -0.05) is 18.2 Å². The first-order valence-corrected chi connectivity index (χ1v) is 5.63. The third kappa shape index (κ3) is 2.03. The van der Waals surface area contributed by atoms with Gasteiger partial charge in [-0.3, -0.25) is 4.79 Å². The van der Waals surface area contributed by atoms with Crippen molar-refractivity contribution in [3.05, 3.63) is 29.8 Å². The predicted octanol–water partition coefficient (Wildman–Crippen LogP) is 2.50. The summed E-state index contributed by atoms with van der Waals surface area (Å²) in [6.45, 7) is 4.24. The lowest BCUT2D eigenvalue weighted by Crippen LogP contribution is -2.18. The van der Waals surface area contributed by atoms with Crippen LogP contribution in [0.4, 0.5) is 0 Å². The van der Waals surface area contributed by atoms with Gasteiger partial charge in [-0.2, -0.15) is 0 Å². The van der Waals surface area contributed by atoms with E-state index in [1.807, 2.05) is 38.1 Å². The molecule has 0 radical (unpaired) electrons. The summed E-state index contributed by atoms with van der Waals surface area (Å²) in [7, 11) is 0. The van der Waals surface area contributed by atoms with Crippen molar-refractivity contribution in [2.75, 3.05) is 6.61 Å². The van der Waals surface area contributed by atoms with Gasteiger partial charge in [0.2, 0.25) is 0 Å². The van der Waals surface area contributed by atoms with Crippen LogP contribution in [0.3, 0.4) is 0 Å². The summed E-state index contributed by atoms with van der Waals surface area (Å²) in [6, 6.07) is 7.87. The molecule has 0 spiro atoms. The average Bonchev–Trinajstić information content (AvgIpc) is 2.56. The fraction of sp³-hybridized carbons (Fsp3) is 0.462. The van der Waals surface area contributed by atoms with E-state index in [9.17, 15) is 4.79 Å². The quantitative estimate of drug-likeness (QED) is 0.734. The first-order chi connectivity index (χ1) is 7.72. The van der Waals surface area contributed by atoms with Gasteiger partial charge in [-0.25, -0.2) is 0 Å². The Bertz CT molecular complexity index is 387. The molecule has 0 aromatic heterocycles. The molecule has 1 aliphatic rings. The van der Waals surface area contributed by atoms with Crippen molar-refractivity contribution in [3.63, 3.8) is 0 Å². The molecule has 0 N–H and O–H groups in total. The zero-order chi connectivity index (χ0) is 11.5. The molecule has 1 aromatic rings. The molecule has 2 rings (SSSR count). The zero-order valence-electron chi connectivity index (χ0n) is 9.60. The van der Waals surface area contributed by atoms with Crippen molar-refractivity contribution in [2.45, 2.75) is 32.3 Å². The van der Waals surface area contributed by atoms with Crippen LogP contribution in [0.2, 0.25) is 0 Å². The van der Waals surface area contributed by atoms with Gasteiger partial charge in [-0.05, 0) is 19.9 Å². The summed E-state index contributed by atoms with van der Waals surface area (Å²) < 4.78 is 10.7. The Labute approximate surface area is 95.4 Å². The molecule has 0 saturated carbocycles. The maximum atomic E-state index is 11.5. The van der Waals surface area contributed by atoms with Crippen LogP contribution < -0.4 is 4.74 Å². The molecule has 2 atom stereocenters. The summed E-state index contributed by atoms with van der Waals surface area (Å²) in [4.78, 5) is 11.5. The van der Waals surface area contributed by atoms with E-state index in [1.54, 1.807) is 0 Å². The maximum Gasteiger partial charge on any atom is 0.306 e. The highest BCUT2D eigenvalue weighted by Gasteiger charge is 2.32. The SMILES string of the molecule is CCOC(=O)CC1c2ccccc2OC1C. The van der Waals surface area contributed by atoms with Crippen molar-refractivity contribution >= 4 is 5.97 Å². The number of esters is 1. The molecule has 0 aliphatic carbocycles. The molecule has 0 bridgehead atoms. The van der Waals surface area contributed by atoms with Crippen LogP contribution in [-0.4, -0.2) is 18.7 Å². The number of hydrogen-bond acceptors (Lipinski definition) is 3. The number of hydrogen-bond donors (Lipinski definition) is 0. The monoisotopic (exact) mass is 220 g/mol. The van der Waals surface area contributed by atoms with Gasteiger partial charge in [0.05, 0.1) is 13.0 Å². The lowest BCUT2D eigenvalue weighted by atomic mass is 9.93. The fourth-order valence-corrected chi connectivity index (χ4v) is 2.10. The summed E-state index contributed by atoms with van der Waals surface area (Å²) in [6.07, 6.45) is 0.438. The first kappa shape index (κ1) is 11.0. The van der Waals surface area contributed by atoms with Crippen LogP contribution in [0.1, 0.15) is 31.7 Å². The van der Waals surface area contributed by atoms with Gasteiger partial charge in [-0.15, -0.1) is 0 Å². The van der Waals surface area contributed by atoms with E-state index in [1.165, 1.54) is 0 Å². The second-order valence-electron chi connectivity index (χ2n) is 3.98. The van der Waals surface area contributed by atoms with Gasteiger partial charge in [0.25, 0.3) is 0 Å². The van der Waals surface area contributed by atoms with Crippen LogP contribution in [0, 0.1) is 0 Å². The minimum atomic E-state index is -0.153. The molecule has 86 valence electrons. The summed E-state index contributed by atoms with van der Waals surface area (Å²) >= 11 is 0. The van der Waals surface area contributed by atoms with E-state index >= 15 is 0 Å². The maximum absolute atomic E-state index is 11.5. The molecule has 1 aliphatic heterocycles. The molecule has 1 heterocycles. The van der Waals surface area contributed by atoms with E-state index in [0.717, 1.165) is 11.3 Å². The second kappa shape index (κ2) is 4.56. The third-order valence-electron chi connectivity index (χ3n) is 2.89. The van der Waals surface area contributed by atoms with Crippen LogP contribution in [-0.2, 0) is 9.53 Å². The number of carbonyl (C=O) groups excluding carboxylic acids is 1. The van der Waals surface area contributed by atoms with Gasteiger partial charge in [0.1, 0.15) is 11.9 Å². The first-order valence-electron chi connectivity index (χ1n) is 5.63. The topological polar surface area (TPSA) is 35.5 Å². The number of para-hydroxylation sites is 1. The second-order valence-corrected chi connectivity index (χ2v) is 3.98. The van der Waals surface area contributed by atoms with E-state index in [4.69, 9.17) is 9.47 Å². The number of benzene rings is 1. The zero-order valence-corrected chi connectivity index (χ0v) is 9.60. The van der Waals surface area contributed by atoms with Crippen molar-refractivity contribution in [2.24, 2.45) is 0 Å². The fourth-order valence-electron chi connectivity index (χ4n) is 2.10. The molecule has 3 heteroatoms. The predicted molar refractivity (Wildman–Crippen MR) is 60.5 cm³/mol. The van der Waals surface area contributed by atoms with Crippen LogP contribution in [0.25, 0.3) is 0 Å². The van der Waals surface area contributed by atoms with Gasteiger partial charge in [0.15, 0.2) is 0 Å². The Kier molecular flexibility index (Phi) is 3.13. The molecule has 2 unspecified atom stereocenters. The third-order valence-corrected chi connectivity index (χ3v) is 2.89. The summed E-state index contributed by atoms with van der Waals surface area (Å²) in [5.41, 5.74) is 1.11. The Balaban J connectivity index is 2.13. The van der Waals surface area contributed by atoms with E-state index in [0.29, 0.717) is 13.0 Å². The lowest BCUT2D eigenvalue weighted by Gasteiger charge is -2.13. The largest absolute Gasteiger partial charge is 0.490 e. The van der Waals surface area contributed by atoms with Crippen LogP contribution in [0.5, 0.6) is 5.75 Å². The van der Waals surface area contributed by atoms with Gasteiger partial charge in [0, 0.05) is 11.5 Å². The summed E-state index contributed by atoms with van der Waals surface area (Å²) in [5, 5.41) is 0. The van der Waals surface area contributed by atoms with Crippen LogP contribution in [0.15, 0.2) is 24.3 Å². The van der Waals surface area contributed by atoms with Crippen molar-refractivity contribution in [1.29, 1.82) is 0 Å². The number of fused-ring (bicyclic) bond motifs is 1. The number of carbonyl (C=O) groups is 1. The Morgan fingerprint density at radius 2 is 2.19 bits per heavy atom. The summed E-state index contributed by atoms with van der Waals surface area (Å²) in [5.74, 6) is 0.860. The number of ether oxygens (including phenoxy) is 2. The molecule has 3 nitrogen and oxygen atoms in total. The molecule has 0 amide bonds. The lowest BCUT2D eigenvalue weighted by molar-refractivity contribution is -0.143. The normalized spacial score (nSPS) is 22.4. The van der Waals surface area contributed by atoms with Gasteiger partial charge >= 0.3 is 5.97 Å². The number of rotatable bonds is 3. The van der Waals surface area contributed by atoms with E-state index in [2.05, 4.69) is 0 Å². The highest BCUT2D eigenvalue weighted by molar-refractivity contribution is 5.71. The highest BCUT2D eigenvalue weighted by Crippen LogP contribution is 2.39. The minimum Gasteiger partial charge on any atom is -0.490 e. The van der Waals surface area contributed by atoms with Gasteiger partial charge < -0.3 is 9.47 Å². The Morgan fingerprint density at radius 1 is 1.44 bits per heavy atom. The van der Waals surface area contributed by atoms with Crippen molar-refractivity contribution < 1.29 is 14.3 Å². The Hall–Kier alpha value is -1.51. The molecular weight excluding hydrogens is 204 g/mol. The van der Waals surface area contributed by atoms with E-state index in [-0.39, 0.29) is 18.0 Å². The molecule has 16 heavy (non-hydrogen) atoms. The molecule has 0 fully saturated rings. The smallest absolute Gasteiger partial charge is 0.306 e. The standard InChI is InChI=1S/C13H16O3/c1-3-15-13(14)8-11-9(2)16-12-7-5-4-6-10(11)12/h4-7,9,11H,3,8H2,1-2H3. The van der Waals surface area contributed by atoms with E-state index < -0.39 is 0 Å². The van der Waals surface area contributed by atoms with Crippen LogP contribution >= 0.6 is 0 Å². The Morgan fingerprint density at radius 3 is 2.94 bits per heavy atom. The highest BCUT2D eigenvalue weighted by atomic mass is 16.5.